The van der Waals surface area contributed by atoms with Gasteiger partial charge in [-0.15, -0.1) is 0 Å². The maximum atomic E-state index is 12.4. The van der Waals surface area contributed by atoms with Crippen molar-refractivity contribution >= 4 is 11.9 Å². The standard InChI is InChI=1S/C25H44O5/c1-6-7-8-9-10-11-23(27)29-18-25(17-26)16-22(24(28)30-25)13-12-21(14-19(2)3)15-20(4)5/h13,19-21,26H,6-12,14-18H2,1-5H3/b22-13-. The Kier molecular flexibility index (Phi) is 12.3. The molecule has 0 aromatic heterocycles. The quantitative estimate of drug-likeness (QED) is 0.211. The van der Waals surface area contributed by atoms with Crippen molar-refractivity contribution in [3.63, 3.8) is 0 Å². The molecule has 30 heavy (non-hydrogen) atoms. The maximum Gasteiger partial charge on any atom is 0.334 e. The summed E-state index contributed by atoms with van der Waals surface area (Å²) in [7, 11) is 0. The third-order valence-corrected chi connectivity index (χ3v) is 5.66. The maximum absolute atomic E-state index is 12.4. The Morgan fingerprint density at radius 2 is 1.77 bits per heavy atom. The summed E-state index contributed by atoms with van der Waals surface area (Å²) in [6.07, 6.45) is 11.0. The summed E-state index contributed by atoms with van der Waals surface area (Å²) in [5, 5.41) is 9.86. The van der Waals surface area contributed by atoms with Crippen LogP contribution in [0.3, 0.4) is 0 Å². The number of unbranched alkanes of at least 4 members (excludes halogenated alkanes) is 4. The molecule has 1 aliphatic rings. The van der Waals surface area contributed by atoms with Gasteiger partial charge in [0, 0.05) is 18.4 Å². The molecule has 0 radical (unpaired) electrons. The van der Waals surface area contributed by atoms with Crippen LogP contribution >= 0.6 is 0 Å². The highest BCUT2D eigenvalue weighted by Crippen LogP contribution is 2.33. The Morgan fingerprint density at radius 1 is 1.13 bits per heavy atom. The lowest BCUT2D eigenvalue weighted by Gasteiger charge is -2.24. The van der Waals surface area contributed by atoms with Crippen molar-refractivity contribution in [3.8, 4) is 0 Å². The van der Waals surface area contributed by atoms with E-state index in [0.717, 1.165) is 38.5 Å². The highest BCUT2D eigenvalue weighted by atomic mass is 16.6. The van der Waals surface area contributed by atoms with Gasteiger partial charge in [-0.2, -0.15) is 0 Å². The topological polar surface area (TPSA) is 72.8 Å². The predicted molar refractivity (Wildman–Crippen MR) is 120 cm³/mol. The molecule has 1 rings (SSSR count). The first-order valence-electron chi connectivity index (χ1n) is 11.9. The van der Waals surface area contributed by atoms with Crippen LogP contribution in [0.4, 0.5) is 0 Å². The summed E-state index contributed by atoms with van der Waals surface area (Å²) < 4.78 is 10.8. The third kappa shape index (κ3) is 10.1. The summed E-state index contributed by atoms with van der Waals surface area (Å²) >= 11 is 0. The number of aliphatic hydroxyl groups excluding tert-OH is 1. The van der Waals surface area contributed by atoms with Gasteiger partial charge in [-0.05, 0) is 43.4 Å². The molecule has 0 saturated carbocycles. The second kappa shape index (κ2) is 13.8. The van der Waals surface area contributed by atoms with Crippen LogP contribution in [0.15, 0.2) is 11.6 Å². The molecule has 1 atom stereocenters. The van der Waals surface area contributed by atoms with E-state index in [2.05, 4.69) is 34.6 Å². The highest BCUT2D eigenvalue weighted by Gasteiger charge is 2.44. The molecular weight excluding hydrogens is 380 g/mol. The lowest BCUT2D eigenvalue weighted by molar-refractivity contribution is -0.166. The zero-order valence-electron chi connectivity index (χ0n) is 19.9. The lowest BCUT2D eigenvalue weighted by atomic mass is 9.86. The van der Waals surface area contributed by atoms with Crippen LogP contribution in [0.2, 0.25) is 0 Å². The van der Waals surface area contributed by atoms with E-state index >= 15 is 0 Å². The Morgan fingerprint density at radius 3 is 2.33 bits per heavy atom. The highest BCUT2D eigenvalue weighted by molar-refractivity contribution is 5.91. The molecule has 1 N–H and O–H groups in total. The molecule has 0 bridgehead atoms. The molecule has 0 aromatic carbocycles. The minimum Gasteiger partial charge on any atom is -0.461 e. The van der Waals surface area contributed by atoms with Gasteiger partial charge >= 0.3 is 11.9 Å². The van der Waals surface area contributed by atoms with Gasteiger partial charge in [0.05, 0.1) is 6.61 Å². The minimum atomic E-state index is -1.13. The van der Waals surface area contributed by atoms with Crippen LogP contribution in [0.5, 0.6) is 0 Å². The number of hydrogen-bond acceptors (Lipinski definition) is 5. The van der Waals surface area contributed by atoms with E-state index in [1.807, 2.05) is 6.08 Å². The number of allylic oxidation sites excluding steroid dienone is 1. The van der Waals surface area contributed by atoms with Crippen LogP contribution in [-0.4, -0.2) is 35.9 Å². The van der Waals surface area contributed by atoms with Crippen molar-refractivity contribution in [3.05, 3.63) is 11.6 Å². The molecular formula is C25H44O5. The fourth-order valence-corrected chi connectivity index (χ4v) is 4.18. The van der Waals surface area contributed by atoms with Gasteiger partial charge in [0.1, 0.15) is 6.61 Å². The smallest absolute Gasteiger partial charge is 0.334 e. The van der Waals surface area contributed by atoms with E-state index in [-0.39, 0.29) is 19.2 Å². The molecule has 5 heteroatoms. The summed E-state index contributed by atoms with van der Waals surface area (Å²) in [6.45, 7) is 10.6. The van der Waals surface area contributed by atoms with E-state index < -0.39 is 11.6 Å². The lowest BCUT2D eigenvalue weighted by Crippen LogP contribution is -2.39. The summed E-state index contributed by atoms with van der Waals surface area (Å²) in [5.41, 5.74) is -0.538. The SMILES string of the molecule is CCCCCCCC(=O)OCC1(CO)C/C(=C/CC(CC(C)C)CC(C)C)C(=O)O1. The molecule has 174 valence electrons. The predicted octanol–water partition coefficient (Wildman–Crippen LogP) is 5.59. The molecule has 1 heterocycles. The van der Waals surface area contributed by atoms with Gasteiger partial charge in [0.2, 0.25) is 0 Å². The number of rotatable bonds is 15. The van der Waals surface area contributed by atoms with Gasteiger partial charge in [0.25, 0.3) is 0 Å². The first kappa shape index (κ1) is 26.7. The number of cyclic esters (lactones) is 1. The summed E-state index contributed by atoms with van der Waals surface area (Å²) in [5.74, 6) is 1.07. The molecule has 0 amide bonds. The Hall–Kier alpha value is -1.36. The van der Waals surface area contributed by atoms with Crippen molar-refractivity contribution in [1.82, 2.24) is 0 Å². The largest absolute Gasteiger partial charge is 0.461 e. The summed E-state index contributed by atoms with van der Waals surface area (Å²) in [4.78, 5) is 24.4. The molecule has 1 aliphatic heterocycles. The number of hydrogen-bond donors (Lipinski definition) is 1. The number of carbonyl (C=O) groups is 2. The van der Waals surface area contributed by atoms with Crippen LogP contribution in [0.1, 0.15) is 98.8 Å². The molecule has 1 fully saturated rings. The van der Waals surface area contributed by atoms with Gasteiger partial charge in [0.15, 0.2) is 5.60 Å². The first-order valence-corrected chi connectivity index (χ1v) is 11.9. The second-order valence-corrected chi connectivity index (χ2v) is 9.82. The van der Waals surface area contributed by atoms with Gasteiger partial charge in [-0.3, -0.25) is 4.79 Å². The normalized spacial score (nSPS) is 20.6. The third-order valence-electron chi connectivity index (χ3n) is 5.66. The van der Waals surface area contributed by atoms with Crippen molar-refractivity contribution < 1.29 is 24.2 Å². The van der Waals surface area contributed by atoms with Crippen molar-refractivity contribution in [2.75, 3.05) is 13.2 Å². The van der Waals surface area contributed by atoms with Crippen molar-refractivity contribution in [2.45, 2.75) is 104 Å². The molecule has 1 unspecified atom stereocenters. The molecule has 0 spiro atoms. The number of carbonyl (C=O) groups excluding carboxylic acids is 2. The Labute approximate surface area is 183 Å². The van der Waals surface area contributed by atoms with Crippen LogP contribution in [0.25, 0.3) is 0 Å². The molecule has 0 aromatic rings. The van der Waals surface area contributed by atoms with Crippen molar-refractivity contribution in [1.29, 1.82) is 0 Å². The van der Waals surface area contributed by atoms with E-state index in [4.69, 9.17) is 9.47 Å². The minimum absolute atomic E-state index is 0.0816. The van der Waals surface area contributed by atoms with Gasteiger partial charge in [-0.1, -0.05) is 66.4 Å². The summed E-state index contributed by atoms with van der Waals surface area (Å²) in [6, 6.07) is 0. The molecule has 5 nitrogen and oxygen atoms in total. The van der Waals surface area contributed by atoms with E-state index in [9.17, 15) is 14.7 Å². The average molecular weight is 425 g/mol. The van der Waals surface area contributed by atoms with E-state index in [1.165, 1.54) is 12.8 Å². The molecule has 0 aliphatic carbocycles. The van der Waals surface area contributed by atoms with Crippen LogP contribution in [0, 0.1) is 17.8 Å². The van der Waals surface area contributed by atoms with Crippen LogP contribution in [-0.2, 0) is 19.1 Å². The zero-order valence-corrected chi connectivity index (χ0v) is 19.9. The number of ether oxygens (including phenoxy) is 2. The monoisotopic (exact) mass is 424 g/mol. The van der Waals surface area contributed by atoms with E-state index in [0.29, 0.717) is 36.2 Å². The number of esters is 2. The first-order chi connectivity index (χ1) is 14.2. The molecule has 1 saturated heterocycles. The fourth-order valence-electron chi connectivity index (χ4n) is 4.18. The van der Waals surface area contributed by atoms with Crippen LogP contribution < -0.4 is 0 Å². The van der Waals surface area contributed by atoms with Gasteiger partial charge in [-0.25, -0.2) is 4.79 Å². The van der Waals surface area contributed by atoms with Crippen molar-refractivity contribution in [2.24, 2.45) is 17.8 Å². The Balaban J connectivity index is 2.58. The fraction of sp³-hybridized carbons (Fsp3) is 0.840. The second-order valence-electron chi connectivity index (χ2n) is 9.82. The Bertz CT molecular complexity index is 542. The van der Waals surface area contributed by atoms with Gasteiger partial charge < -0.3 is 14.6 Å². The number of aliphatic hydroxyl groups is 1. The van der Waals surface area contributed by atoms with E-state index in [1.54, 1.807) is 0 Å². The average Bonchev–Trinajstić information content (AvgIpc) is 3.00. The zero-order chi connectivity index (χ0) is 22.6.